The lowest BCUT2D eigenvalue weighted by Crippen LogP contribution is -2.25. The van der Waals surface area contributed by atoms with Crippen LogP contribution >= 0.6 is 0 Å². The Balaban J connectivity index is 1.80. The van der Waals surface area contributed by atoms with Crippen molar-refractivity contribution in [1.29, 1.82) is 0 Å². The summed E-state index contributed by atoms with van der Waals surface area (Å²) in [4.78, 5) is 33.0. The third-order valence-corrected chi connectivity index (χ3v) is 4.07. The minimum atomic E-state index is -0.383. The number of hydrogen-bond acceptors (Lipinski definition) is 5. The molecule has 7 nitrogen and oxygen atoms in total. The van der Waals surface area contributed by atoms with Crippen molar-refractivity contribution in [2.24, 2.45) is 0 Å². The Kier molecular flexibility index (Phi) is 5.96. The lowest BCUT2D eigenvalue weighted by molar-refractivity contribution is 0.0943. The Morgan fingerprint density at radius 3 is 2.54 bits per heavy atom. The summed E-state index contributed by atoms with van der Waals surface area (Å²) in [5.41, 5.74) is 8.49. The van der Waals surface area contributed by atoms with Gasteiger partial charge in [0, 0.05) is 24.2 Å². The first-order chi connectivity index (χ1) is 13.6. The number of nitrogen functional groups attached to an aromatic ring is 1. The van der Waals surface area contributed by atoms with Crippen LogP contribution in [-0.2, 0) is 6.54 Å². The molecule has 0 aliphatic heterocycles. The molecule has 0 atom stereocenters. The molecule has 0 saturated heterocycles. The van der Waals surface area contributed by atoms with Gasteiger partial charge in [-0.3, -0.25) is 9.59 Å². The van der Waals surface area contributed by atoms with E-state index in [2.05, 4.69) is 20.6 Å². The van der Waals surface area contributed by atoms with E-state index in [0.717, 1.165) is 5.56 Å². The average Bonchev–Trinajstić information content (AvgIpc) is 2.73. The summed E-state index contributed by atoms with van der Waals surface area (Å²) in [7, 11) is 0. The summed E-state index contributed by atoms with van der Waals surface area (Å²) in [6.07, 6.45) is 1.49. The number of nitrogens with zero attached hydrogens (tertiary/aromatic N) is 2. The molecule has 0 saturated carbocycles. The summed E-state index contributed by atoms with van der Waals surface area (Å²) >= 11 is 0. The van der Waals surface area contributed by atoms with E-state index in [1.165, 1.54) is 6.20 Å². The largest absolute Gasteiger partial charge is 0.382 e. The van der Waals surface area contributed by atoms with Gasteiger partial charge in [-0.05, 0) is 24.6 Å². The SMILES string of the molecule is CCNC(=O)c1nc(-c2cccc(C(=O)NCc3ccccc3)c2)cnc1N. The topological polar surface area (TPSA) is 110 Å². The van der Waals surface area contributed by atoms with Crippen molar-refractivity contribution in [3.05, 3.63) is 77.6 Å². The quantitative estimate of drug-likeness (QED) is 0.613. The van der Waals surface area contributed by atoms with Gasteiger partial charge in [-0.15, -0.1) is 0 Å². The van der Waals surface area contributed by atoms with Gasteiger partial charge in [0.25, 0.3) is 11.8 Å². The number of carbonyl (C=O) groups excluding carboxylic acids is 2. The molecule has 0 radical (unpaired) electrons. The minimum absolute atomic E-state index is 0.0615. The van der Waals surface area contributed by atoms with Gasteiger partial charge < -0.3 is 16.4 Å². The van der Waals surface area contributed by atoms with Crippen LogP contribution in [0.1, 0.15) is 33.3 Å². The van der Waals surface area contributed by atoms with Crippen LogP contribution in [0.2, 0.25) is 0 Å². The molecule has 0 aliphatic carbocycles. The van der Waals surface area contributed by atoms with E-state index in [4.69, 9.17) is 5.73 Å². The maximum absolute atomic E-state index is 12.5. The fourth-order valence-electron chi connectivity index (χ4n) is 2.65. The second-order valence-corrected chi connectivity index (χ2v) is 6.10. The molecule has 0 unspecified atom stereocenters. The van der Waals surface area contributed by atoms with Crippen molar-refractivity contribution in [3.8, 4) is 11.3 Å². The zero-order valence-corrected chi connectivity index (χ0v) is 15.5. The molecule has 7 heteroatoms. The Morgan fingerprint density at radius 1 is 1.00 bits per heavy atom. The van der Waals surface area contributed by atoms with Crippen molar-refractivity contribution in [3.63, 3.8) is 0 Å². The molecule has 2 aromatic carbocycles. The van der Waals surface area contributed by atoms with E-state index < -0.39 is 0 Å². The van der Waals surface area contributed by atoms with Crippen LogP contribution in [0.5, 0.6) is 0 Å². The maximum atomic E-state index is 12.5. The van der Waals surface area contributed by atoms with E-state index in [-0.39, 0.29) is 23.3 Å². The first-order valence-corrected chi connectivity index (χ1v) is 8.91. The molecule has 1 heterocycles. The monoisotopic (exact) mass is 375 g/mol. The van der Waals surface area contributed by atoms with Gasteiger partial charge >= 0.3 is 0 Å². The summed E-state index contributed by atoms with van der Waals surface area (Å²) in [6.45, 7) is 2.71. The number of amides is 2. The first kappa shape index (κ1) is 19.0. The fourth-order valence-corrected chi connectivity index (χ4v) is 2.65. The maximum Gasteiger partial charge on any atom is 0.273 e. The van der Waals surface area contributed by atoms with Crippen molar-refractivity contribution in [2.45, 2.75) is 13.5 Å². The van der Waals surface area contributed by atoms with Gasteiger partial charge in [-0.2, -0.15) is 0 Å². The highest BCUT2D eigenvalue weighted by Gasteiger charge is 2.15. The summed E-state index contributed by atoms with van der Waals surface area (Å²) < 4.78 is 0. The van der Waals surface area contributed by atoms with Crippen molar-refractivity contribution in [1.82, 2.24) is 20.6 Å². The Morgan fingerprint density at radius 2 is 1.79 bits per heavy atom. The standard InChI is InChI=1S/C21H21N5O2/c1-2-23-21(28)18-19(22)24-13-17(26-18)15-9-6-10-16(11-15)20(27)25-12-14-7-4-3-5-8-14/h3-11,13H,2,12H2,1H3,(H2,22,24)(H,23,28)(H,25,27). The van der Waals surface area contributed by atoms with Crippen molar-refractivity contribution < 1.29 is 9.59 Å². The summed E-state index contributed by atoms with van der Waals surface area (Å²) in [5.74, 6) is -0.518. The van der Waals surface area contributed by atoms with Crippen LogP contribution < -0.4 is 16.4 Å². The number of rotatable bonds is 6. The molecule has 2 amide bonds. The smallest absolute Gasteiger partial charge is 0.273 e. The number of benzene rings is 2. The third-order valence-electron chi connectivity index (χ3n) is 4.07. The lowest BCUT2D eigenvalue weighted by Gasteiger charge is -2.09. The van der Waals surface area contributed by atoms with Gasteiger partial charge in [0.15, 0.2) is 11.5 Å². The van der Waals surface area contributed by atoms with Crippen molar-refractivity contribution in [2.75, 3.05) is 12.3 Å². The lowest BCUT2D eigenvalue weighted by atomic mass is 10.1. The van der Waals surface area contributed by atoms with Crippen LogP contribution in [-0.4, -0.2) is 28.3 Å². The highest BCUT2D eigenvalue weighted by Crippen LogP contribution is 2.20. The first-order valence-electron chi connectivity index (χ1n) is 8.91. The van der Waals surface area contributed by atoms with Crippen LogP contribution in [0.25, 0.3) is 11.3 Å². The number of nitrogens with one attached hydrogen (secondary N) is 2. The zero-order valence-electron chi connectivity index (χ0n) is 15.5. The molecule has 3 rings (SSSR count). The Bertz CT molecular complexity index is 989. The highest BCUT2D eigenvalue weighted by molar-refractivity contribution is 5.97. The Labute approximate surface area is 163 Å². The van der Waals surface area contributed by atoms with Gasteiger partial charge in [-0.1, -0.05) is 42.5 Å². The second-order valence-electron chi connectivity index (χ2n) is 6.10. The zero-order chi connectivity index (χ0) is 19.9. The van der Waals surface area contributed by atoms with Crippen LogP contribution in [0.15, 0.2) is 60.8 Å². The van der Waals surface area contributed by atoms with Gasteiger partial charge in [-0.25, -0.2) is 9.97 Å². The number of aromatic nitrogens is 2. The fraction of sp³-hybridized carbons (Fsp3) is 0.143. The van der Waals surface area contributed by atoms with E-state index in [9.17, 15) is 9.59 Å². The third kappa shape index (κ3) is 4.50. The predicted molar refractivity (Wildman–Crippen MR) is 107 cm³/mol. The van der Waals surface area contributed by atoms with Gasteiger partial charge in [0.1, 0.15) is 0 Å². The van der Waals surface area contributed by atoms with Crippen molar-refractivity contribution >= 4 is 17.6 Å². The van der Waals surface area contributed by atoms with Crippen LogP contribution in [0.4, 0.5) is 5.82 Å². The molecule has 0 aliphatic rings. The number of hydrogen-bond donors (Lipinski definition) is 3. The molecule has 3 aromatic rings. The normalized spacial score (nSPS) is 10.3. The molecule has 0 spiro atoms. The highest BCUT2D eigenvalue weighted by atomic mass is 16.2. The van der Waals surface area contributed by atoms with E-state index >= 15 is 0 Å². The molecular formula is C21H21N5O2. The minimum Gasteiger partial charge on any atom is -0.382 e. The second kappa shape index (κ2) is 8.77. The average molecular weight is 375 g/mol. The Hall–Kier alpha value is -3.74. The molecule has 28 heavy (non-hydrogen) atoms. The van der Waals surface area contributed by atoms with E-state index in [1.807, 2.05) is 37.3 Å². The molecule has 4 N–H and O–H groups in total. The van der Waals surface area contributed by atoms with Crippen LogP contribution in [0, 0.1) is 0 Å². The number of carbonyl (C=O) groups is 2. The molecular weight excluding hydrogens is 354 g/mol. The summed E-state index contributed by atoms with van der Waals surface area (Å²) in [6, 6.07) is 16.7. The van der Waals surface area contributed by atoms with E-state index in [0.29, 0.717) is 29.9 Å². The predicted octanol–water partition coefficient (Wildman–Crippen LogP) is 2.41. The summed E-state index contributed by atoms with van der Waals surface area (Å²) in [5, 5.41) is 5.55. The number of nitrogens with two attached hydrogens (primary N) is 1. The van der Waals surface area contributed by atoms with Gasteiger partial charge in [0.05, 0.1) is 11.9 Å². The van der Waals surface area contributed by atoms with E-state index in [1.54, 1.807) is 24.3 Å². The van der Waals surface area contributed by atoms with Gasteiger partial charge in [0.2, 0.25) is 0 Å². The molecule has 142 valence electrons. The molecule has 0 fully saturated rings. The molecule has 1 aromatic heterocycles. The molecule has 0 bridgehead atoms. The number of anilines is 1. The van der Waals surface area contributed by atoms with Crippen LogP contribution in [0.3, 0.4) is 0 Å².